The molecular formula is C26H29N3O6S. The topological polar surface area (TPSA) is 107 Å². The molecule has 0 radical (unpaired) electrons. The van der Waals surface area contributed by atoms with Crippen molar-refractivity contribution in [1.29, 1.82) is 0 Å². The van der Waals surface area contributed by atoms with E-state index in [-0.39, 0.29) is 11.4 Å². The van der Waals surface area contributed by atoms with Crippen LogP contribution in [0.15, 0.2) is 76.7 Å². The van der Waals surface area contributed by atoms with Gasteiger partial charge in [0.25, 0.3) is 5.91 Å². The zero-order valence-electron chi connectivity index (χ0n) is 20.6. The number of carbonyl (C=O) groups excluding carboxylic acids is 1. The van der Waals surface area contributed by atoms with Crippen molar-refractivity contribution in [3.8, 4) is 17.2 Å². The average Bonchev–Trinajstić information content (AvgIpc) is 2.88. The van der Waals surface area contributed by atoms with Crippen LogP contribution in [0.2, 0.25) is 0 Å². The first-order valence-corrected chi connectivity index (χ1v) is 12.4. The standard InChI is InChI=1S/C26H29N3O6S/c1-19-14-23(12-13-24(19)34-3)36(31,32)29(17-20-8-6-5-7-9-20)18-26(30)28-27-16-21-10-11-22(33-2)15-25(21)35-4/h5-16H,17-18H2,1-4H3,(H,28,30)/b27-16+. The van der Waals surface area contributed by atoms with Crippen LogP contribution < -0.4 is 19.6 Å². The van der Waals surface area contributed by atoms with E-state index < -0.39 is 22.5 Å². The van der Waals surface area contributed by atoms with Crippen LogP contribution in [0.25, 0.3) is 0 Å². The molecule has 0 aliphatic rings. The van der Waals surface area contributed by atoms with Crippen molar-refractivity contribution in [1.82, 2.24) is 9.73 Å². The highest BCUT2D eigenvalue weighted by atomic mass is 32.2. The number of amides is 1. The number of sulfonamides is 1. The Hall–Kier alpha value is -3.89. The third-order valence-electron chi connectivity index (χ3n) is 5.36. The summed E-state index contributed by atoms with van der Waals surface area (Å²) in [5.41, 5.74) is 4.42. The molecule has 0 spiro atoms. The van der Waals surface area contributed by atoms with Gasteiger partial charge in [0.05, 0.1) is 39.0 Å². The number of hydrazone groups is 1. The fourth-order valence-corrected chi connectivity index (χ4v) is 4.94. The predicted octanol–water partition coefficient (Wildman–Crippen LogP) is 3.36. The molecule has 3 aromatic carbocycles. The van der Waals surface area contributed by atoms with Crippen molar-refractivity contribution in [3.05, 3.63) is 83.4 Å². The minimum atomic E-state index is -4.01. The summed E-state index contributed by atoms with van der Waals surface area (Å²) in [6.45, 7) is 1.34. The molecule has 0 aliphatic carbocycles. The molecule has 1 amide bonds. The van der Waals surface area contributed by atoms with E-state index in [1.165, 1.54) is 32.6 Å². The van der Waals surface area contributed by atoms with Crippen molar-refractivity contribution < 1.29 is 27.4 Å². The van der Waals surface area contributed by atoms with Crippen LogP contribution in [0, 0.1) is 6.92 Å². The van der Waals surface area contributed by atoms with E-state index in [0.29, 0.717) is 28.4 Å². The minimum absolute atomic E-state index is 0.0116. The second-order valence-electron chi connectivity index (χ2n) is 7.79. The van der Waals surface area contributed by atoms with Crippen LogP contribution in [-0.4, -0.2) is 52.7 Å². The number of methoxy groups -OCH3 is 3. The number of carbonyl (C=O) groups is 1. The van der Waals surface area contributed by atoms with Crippen molar-refractivity contribution in [3.63, 3.8) is 0 Å². The first kappa shape index (κ1) is 26.7. The van der Waals surface area contributed by atoms with E-state index in [0.717, 1.165) is 9.87 Å². The second kappa shape index (κ2) is 12.2. The highest BCUT2D eigenvalue weighted by Crippen LogP contribution is 2.25. The van der Waals surface area contributed by atoms with Crippen LogP contribution in [0.4, 0.5) is 0 Å². The number of hydrogen-bond acceptors (Lipinski definition) is 7. The van der Waals surface area contributed by atoms with Crippen LogP contribution in [0.5, 0.6) is 17.2 Å². The van der Waals surface area contributed by atoms with Crippen molar-refractivity contribution in [2.75, 3.05) is 27.9 Å². The lowest BCUT2D eigenvalue weighted by atomic mass is 10.2. The van der Waals surface area contributed by atoms with Gasteiger partial charge in [-0.2, -0.15) is 9.41 Å². The summed E-state index contributed by atoms with van der Waals surface area (Å²) in [4.78, 5) is 12.8. The molecule has 0 saturated carbocycles. The van der Waals surface area contributed by atoms with E-state index in [1.807, 2.05) is 18.2 Å². The molecule has 0 bridgehead atoms. The van der Waals surface area contributed by atoms with Gasteiger partial charge in [-0.05, 0) is 48.4 Å². The highest BCUT2D eigenvalue weighted by molar-refractivity contribution is 7.89. The summed E-state index contributed by atoms with van der Waals surface area (Å²) in [5, 5.41) is 3.97. The van der Waals surface area contributed by atoms with Gasteiger partial charge in [0, 0.05) is 18.2 Å². The molecule has 36 heavy (non-hydrogen) atoms. The molecule has 3 aromatic rings. The smallest absolute Gasteiger partial charge is 0.255 e. The van der Waals surface area contributed by atoms with E-state index in [9.17, 15) is 13.2 Å². The van der Waals surface area contributed by atoms with Crippen LogP contribution in [-0.2, 0) is 21.4 Å². The number of nitrogens with one attached hydrogen (secondary N) is 1. The van der Waals surface area contributed by atoms with Crippen molar-refractivity contribution in [2.24, 2.45) is 5.10 Å². The molecule has 0 heterocycles. The van der Waals surface area contributed by atoms with E-state index >= 15 is 0 Å². The van der Waals surface area contributed by atoms with Gasteiger partial charge in [-0.25, -0.2) is 13.8 Å². The van der Waals surface area contributed by atoms with Gasteiger partial charge in [-0.15, -0.1) is 0 Å². The fraction of sp³-hybridized carbons (Fsp3) is 0.231. The van der Waals surface area contributed by atoms with Crippen LogP contribution >= 0.6 is 0 Å². The molecule has 9 nitrogen and oxygen atoms in total. The van der Waals surface area contributed by atoms with Gasteiger partial charge in [0.15, 0.2) is 0 Å². The average molecular weight is 512 g/mol. The molecule has 0 fully saturated rings. The third-order valence-corrected chi connectivity index (χ3v) is 7.15. The predicted molar refractivity (Wildman–Crippen MR) is 137 cm³/mol. The summed E-state index contributed by atoms with van der Waals surface area (Å²) >= 11 is 0. The normalized spacial score (nSPS) is 11.5. The van der Waals surface area contributed by atoms with E-state index in [2.05, 4.69) is 10.5 Å². The molecule has 0 aromatic heterocycles. The first-order valence-electron chi connectivity index (χ1n) is 11.0. The Labute approximate surface area is 211 Å². The SMILES string of the molecule is COc1ccc(/C=N/NC(=O)CN(Cc2ccccc2)S(=O)(=O)c2ccc(OC)c(C)c2)c(OC)c1. The zero-order valence-corrected chi connectivity index (χ0v) is 21.4. The summed E-state index contributed by atoms with van der Waals surface area (Å²) < 4.78 is 43.8. The molecule has 190 valence electrons. The maximum atomic E-state index is 13.5. The monoisotopic (exact) mass is 511 g/mol. The maximum Gasteiger partial charge on any atom is 0.255 e. The summed E-state index contributed by atoms with van der Waals surface area (Å²) in [6, 6.07) is 18.8. The molecule has 10 heteroatoms. The summed E-state index contributed by atoms with van der Waals surface area (Å²) in [6.07, 6.45) is 1.42. The maximum absolute atomic E-state index is 13.5. The largest absolute Gasteiger partial charge is 0.497 e. The van der Waals surface area contributed by atoms with Gasteiger partial charge in [-0.1, -0.05) is 30.3 Å². The number of hydrogen-bond donors (Lipinski definition) is 1. The molecule has 0 unspecified atom stereocenters. The highest BCUT2D eigenvalue weighted by Gasteiger charge is 2.27. The molecule has 0 saturated heterocycles. The number of aryl methyl sites for hydroxylation is 1. The second-order valence-corrected chi connectivity index (χ2v) is 9.73. The van der Waals surface area contributed by atoms with Gasteiger partial charge < -0.3 is 14.2 Å². The first-order chi connectivity index (χ1) is 17.3. The van der Waals surface area contributed by atoms with Crippen LogP contribution in [0.1, 0.15) is 16.7 Å². The number of nitrogens with zero attached hydrogens (tertiary/aromatic N) is 2. The fourth-order valence-electron chi connectivity index (χ4n) is 3.47. The molecule has 1 N–H and O–H groups in total. The Morgan fingerprint density at radius 1 is 0.944 bits per heavy atom. The Morgan fingerprint density at radius 2 is 1.67 bits per heavy atom. The number of rotatable bonds is 11. The van der Waals surface area contributed by atoms with Gasteiger partial charge in [0.1, 0.15) is 17.2 Å². The van der Waals surface area contributed by atoms with Crippen molar-refractivity contribution in [2.45, 2.75) is 18.4 Å². The van der Waals surface area contributed by atoms with E-state index in [4.69, 9.17) is 14.2 Å². The Balaban J connectivity index is 1.81. The molecule has 3 rings (SSSR count). The molecule has 0 aliphatic heterocycles. The van der Waals surface area contributed by atoms with Gasteiger partial charge in [0.2, 0.25) is 10.0 Å². The molecular weight excluding hydrogens is 482 g/mol. The quantitative estimate of drug-likeness (QED) is 0.313. The zero-order chi connectivity index (χ0) is 26.1. The van der Waals surface area contributed by atoms with Gasteiger partial charge >= 0.3 is 0 Å². The van der Waals surface area contributed by atoms with E-state index in [1.54, 1.807) is 50.4 Å². The van der Waals surface area contributed by atoms with Gasteiger partial charge in [-0.3, -0.25) is 4.79 Å². The Morgan fingerprint density at radius 3 is 2.31 bits per heavy atom. The lowest BCUT2D eigenvalue weighted by Gasteiger charge is -2.22. The third kappa shape index (κ3) is 6.61. The lowest BCUT2D eigenvalue weighted by molar-refractivity contribution is -0.121. The van der Waals surface area contributed by atoms with Crippen LogP contribution in [0.3, 0.4) is 0 Å². The lowest BCUT2D eigenvalue weighted by Crippen LogP contribution is -2.39. The summed E-state index contributed by atoms with van der Waals surface area (Å²) in [7, 11) is 0.571. The molecule has 0 atom stereocenters. The minimum Gasteiger partial charge on any atom is -0.497 e. The van der Waals surface area contributed by atoms with Crippen molar-refractivity contribution >= 4 is 22.1 Å². The summed E-state index contributed by atoms with van der Waals surface area (Å²) in [5.74, 6) is 1.10. The number of benzene rings is 3. The Kier molecular flexibility index (Phi) is 9.04. The Bertz CT molecular complexity index is 1330. The number of ether oxygens (including phenoxy) is 3.